The molecular formula is C25H31Na2O8P. The van der Waals surface area contributed by atoms with Crippen LogP contribution in [0.5, 0.6) is 0 Å². The monoisotopic (exact) mass is 536 g/mol. The number of carbonyl (C=O) groups is 2. The molecule has 0 spiro atoms. The van der Waals surface area contributed by atoms with Crippen molar-refractivity contribution in [3.63, 3.8) is 0 Å². The molecule has 11 heteroatoms. The molecule has 1 atom stereocenters. The SMILES string of the molecule is CC#CC#CC#CC#CC(=O)OC[C@@H](COP(=O)([O-])[O-])OC(=O)CCCCCCCCCCC.[Na+].[Na+]. The van der Waals surface area contributed by atoms with Gasteiger partial charge in [0.25, 0.3) is 0 Å². The second-order valence-electron chi connectivity index (χ2n) is 7.16. The molecule has 8 nitrogen and oxygen atoms in total. The molecular weight excluding hydrogens is 505 g/mol. The van der Waals surface area contributed by atoms with E-state index in [0.717, 1.165) is 19.3 Å². The molecule has 0 radical (unpaired) electrons. The molecule has 0 N–H and O–H groups in total. The molecule has 0 aliphatic carbocycles. The second-order valence-corrected chi connectivity index (χ2v) is 8.31. The largest absolute Gasteiger partial charge is 1.00 e. The number of phosphoric acid groups is 1. The van der Waals surface area contributed by atoms with Gasteiger partial charge in [-0.2, -0.15) is 0 Å². The van der Waals surface area contributed by atoms with E-state index in [1.54, 1.807) is 6.92 Å². The third-order valence-corrected chi connectivity index (χ3v) is 4.67. The van der Waals surface area contributed by atoms with E-state index in [1.807, 2.05) is 0 Å². The van der Waals surface area contributed by atoms with Crippen molar-refractivity contribution in [2.75, 3.05) is 13.2 Å². The number of rotatable bonds is 16. The van der Waals surface area contributed by atoms with Crippen molar-refractivity contribution in [1.29, 1.82) is 0 Å². The number of carbonyl (C=O) groups excluding carboxylic acids is 2. The van der Waals surface area contributed by atoms with Crippen LogP contribution in [0.1, 0.15) is 78.1 Å². The van der Waals surface area contributed by atoms with Gasteiger partial charge in [0.1, 0.15) is 6.61 Å². The molecule has 0 fully saturated rings. The van der Waals surface area contributed by atoms with Crippen LogP contribution in [0.3, 0.4) is 0 Å². The molecule has 0 aromatic rings. The van der Waals surface area contributed by atoms with E-state index in [0.29, 0.717) is 6.42 Å². The van der Waals surface area contributed by atoms with Gasteiger partial charge >= 0.3 is 71.1 Å². The summed E-state index contributed by atoms with van der Waals surface area (Å²) >= 11 is 0. The van der Waals surface area contributed by atoms with Gasteiger partial charge in [0.05, 0.1) is 14.4 Å². The molecule has 0 saturated carbocycles. The quantitative estimate of drug-likeness (QED) is 0.0492. The van der Waals surface area contributed by atoms with Crippen molar-refractivity contribution in [1.82, 2.24) is 0 Å². The number of unbranched alkanes of at least 4 members (excludes halogenated alkanes) is 8. The Balaban J connectivity index is -0.00000544. The predicted octanol–water partition coefficient (Wildman–Crippen LogP) is -3.75. The fourth-order valence-corrected chi connectivity index (χ4v) is 2.94. The number of ether oxygens (including phenoxy) is 2. The average molecular weight is 536 g/mol. The van der Waals surface area contributed by atoms with E-state index in [-0.39, 0.29) is 65.5 Å². The van der Waals surface area contributed by atoms with Crippen LogP contribution < -0.4 is 68.9 Å². The van der Waals surface area contributed by atoms with Crippen molar-refractivity contribution >= 4 is 19.8 Å². The van der Waals surface area contributed by atoms with Gasteiger partial charge in [-0.3, -0.25) is 4.79 Å². The van der Waals surface area contributed by atoms with Gasteiger partial charge in [-0.1, -0.05) is 64.2 Å². The first-order valence-electron chi connectivity index (χ1n) is 11.2. The standard InChI is InChI=1S/C25H33O8P.2Na/c1-3-5-7-9-11-12-14-16-18-20-25(27)33-23(22-32-34(28,29)30)21-31-24(26)19-17-15-13-10-8-6-4-2;;/h23H,3,5,7,9,11-12,14,16,18,20-22H2,1-2H3,(H2,28,29,30);;/q;2*+1/p-2/t23-;;/m0../s1. The van der Waals surface area contributed by atoms with Gasteiger partial charge in [-0.15, -0.1) is 0 Å². The van der Waals surface area contributed by atoms with E-state index in [4.69, 9.17) is 9.47 Å². The van der Waals surface area contributed by atoms with Crippen molar-refractivity contribution < 1.29 is 97.1 Å². The molecule has 0 unspecified atom stereocenters. The minimum atomic E-state index is -5.29. The number of hydrogen-bond acceptors (Lipinski definition) is 8. The summed E-state index contributed by atoms with van der Waals surface area (Å²) in [4.78, 5) is 45.1. The van der Waals surface area contributed by atoms with E-state index >= 15 is 0 Å². The third-order valence-electron chi connectivity index (χ3n) is 4.20. The molecule has 0 bridgehead atoms. The first kappa shape index (κ1) is 39.8. The molecule has 0 aliphatic rings. The van der Waals surface area contributed by atoms with Crippen molar-refractivity contribution in [2.24, 2.45) is 0 Å². The normalized spacial score (nSPS) is 10.0. The summed E-state index contributed by atoms with van der Waals surface area (Å²) in [5, 5.41) is 0. The first-order chi connectivity index (χ1) is 16.3. The molecule has 186 valence electrons. The zero-order valence-electron chi connectivity index (χ0n) is 21.8. The molecule has 0 rings (SSSR count). The summed E-state index contributed by atoms with van der Waals surface area (Å²) in [7, 11) is -5.29. The molecule has 36 heavy (non-hydrogen) atoms. The molecule has 0 aromatic heterocycles. The number of phosphoric ester groups is 1. The molecule has 0 amide bonds. The Morgan fingerprint density at radius 2 is 1.33 bits per heavy atom. The fourth-order valence-electron chi connectivity index (χ4n) is 2.59. The van der Waals surface area contributed by atoms with E-state index < -0.39 is 39.1 Å². The maximum atomic E-state index is 12.0. The van der Waals surface area contributed by atoms with Crippen LogP contribution in [0.25, 0.3) is 0 Å². The second kappa shape index (κ2) is 27.3. The number of esters is 2. The zero-order valence-corrected chi connectivity index (χ0v) is 26.7. The first-order valence-corrected chi connectivity index (χ1v) is 12.7. The van der Waals surface area contributed by atoms with Crippen LogP contribution in [0, 0.1) is 47.4 Å². The Morgan fingerprint density at radius 3 is 1.89 bits per heavy atom. The Kier molecular flexibility index (Phi) is 30.2. The zero-order chi connectivity index (χ0) is 25.5. The summed E-state index contributed by atoms with van der Waals surface area (Å²) < 4.78 is 24.8. The Labute approximate surface area is 259 Å². The molecule has 0 aliphatic heterocycles. The van der Waals surface area contributed by atoms with Gasteiger partial charge < -0.3 is 28.3 Å². The molecule has 0 saturated heterocycles. The Morgan fingerprint density at radius 1 is 0.806 bits per heavy atom. The minimum absolute atomic E-state index is 0. The maximum absolute atomic E-state index is 12.0. The van der Waals surface area contributed by atoms with E-state index in [1.165, 1.54) is 32.1 Å². The summed E-state index contributed by atoms with van der Waals surface area (Å²) in [6.45, 7) is 2.50. The summed E-state index contributed by atoms with van der Waals surface area (Å²) in [6.07, 6.45) is 8.56. The van der Waals surface area contributed by atoms with Gasteiger partial charge in [0.2, 0.25) is 0 Å². The third kappa shape index (κ3) is 29.5. The van der Waals surface area contributed by atoms with Gasteiger partial charge in [0, 0.05) is 12.3 Å². The van der Waals surface area contributed by atoms with Gasteiger partial charge in [0.15, 0.2) is 6.10 Å². The van der Waals surface area contributed by atoms with Crippen LogP contribution in [-0.4, -0.2) is 31.3 Å². The average Bonchev–Trinajstić information content (AvgIpc) is 2.78. The minimum Gasteiger partial charge on any atom is -0.790 e. The van der Waals surface area contributed by atoms with Crippen LogP contribution in [0.4, 0.5) is 0 Å². The Bertz CT molecular complexity index is 917. The van der Waals surface area contributed by atoms with E-state index in [2.05, 4.69) is 58.8 Å². The molecule has 0 aromatic carbocycles. The van der Waals surface area contributed by atoms with E-state index in [9.17, 15) is 23.9 Å². The Hall–Kier alpha value is -0.710. The maximum Gasteiger partial charge on any atom is 1.00 e. The smallest absolute Gasteiger partial charge is 0.790 e. The van der Waals surface area contributed by atoms with Crippen LogP contribution in [0.2, 0.25) is 0 Å². The van der Waals surface area contributed by atoms with Crippen molar-refractivity contribution in [2.45, 2.75) is 84.2 Å². The van der Waals surface area contributed by atoms with Crippen molar-refractivity contribution in [3.05, 3.63) is 0 Å². The summed E-state index contributed by atoms with van der Waals surface area (Å²) in [5.74, 6) is 17.3. The summed E-state index contributed by atoms with van der Waals surface area (Å²) in [5.41, 5.74) is 0. The number of hydrogen-bond donors (Lipinski definition) is 0. The van der Waals surface area contributed by atoms with Crippen LogP contribution >= 0.6 is 7.82 Å². The van der Waals surface area contributed by atoms with Crippen LogP contribution in [0.15, 0.2) is 0 Å². The van der Waals surface area contributed by atoms with Gasteiger partial charge in [-0.05, 0) is 48.9 Å². The summed E-state index contributed by atoms with van der Waals surface area (Å²) in [6, 6.07) is 0. The van der Waals surface area contributed by atoms with Crippen molar-refractivity contribution in [3.8, 4) is 47.4 Å². The molecule has 0 heterocycles. The predicted molar refractivity (Wildman–Crippen MR) is 123 cm³/mol. The van der Waals surface area contributed by atoms with Gasteiger partial charge in [-0.25, -0.2) is 4.79 Å². The topological polar surface area (TPSA) is 125 Å². The fraction of sp³-hybridized carbons (Fsp3) is 0.600. The van der Waals surface area contributed by atoms with Crippen LogP contribution in [-0.2, 0) is 28.2 Å².